The van der Waals surface area contributed by atoms with Crippen molar-refractivity contribution in [1.29, 1.82) is 0 Å². The van der Waals surface area contributed by atoms with Crippen LogP contribution in [0.15, 0.2) is 12.7 Å². The van der Waals surface area contributed by atoms with Gasteiger partial charge in [0, 0.05) is 17.1 Å². The van der Waals surface area contributed by atoms with E-state index in [1.54, 1.807) is 17.4 Å². The van der Waals surface area contributed by atoms with E-state index in [-0.39, 0.29) is 5.97 Å². The predicted octanol–water partition coefficient (Wildman–Crippen LogP) is 3.45. The molecule has 0 bridgehead atoms. The third-order valence-corrected chi connectivity index (χ3v) is 4.19. The Morgan fingerprint density at radius 1 is 1.48 bits per heavy atom. The molecule has 0 atom stereocenters. The van der Waals surface area contributed by atoms with Gasteiger partial charge in [0.25, 0.3) is 0 Å². The maximum absolute atomic E-state index is 11.8. The van der Waals surface area contributed by atoms with Crippen molar-refractivity contribution < 1.29 is 9.53 Å². The summed E-state index contributed by atoms with van der Waals surface area (Å²) in [5.41, 5.74) is 3.97. The molecule has 0 amide bonds. The molecule has 2 aromatic rings. The molecule has 112 valence electrons. The van der Waals surface area contributed by atoms with Gasteiger partial charge < -0.3 is 15.0 Å². The van der Waals surface area contributed by atoms with E-state index >= 15 is 0 Å². The molecular formula is C15H19N3O2S. The van der Waals surface area contributed by atoms with Crippen molar-refractivity contribution >= 4 is 22.4 Å². The number of hydrogen-bond donors (Lipinski definition) is 2. The Kier molecular flexibility index (Phi) is 4.47. The summed E-state index contributed by atoms with van der Waals surface area (Å²) < 4.78 is 4.84. The third-order valence-electron chi connectivity index (χ3n) is 3.26. The van der Waals surface area contributed by atoms with E-state index in [1.165, 1.54) is 7.11 Å². The van der Waals surface area contributed by atoms with Crippen LogP contribution in [0.4, 0.5) is 5.13 Å². The van der Waals surface area contributed by atoms with Crippen molar-refractivity contribution in [3.8, 4) is 11.4 Å². The Morgan fingerprint density at radius 3 is 2.81 bits per heavy atom. The van der Waals surface area contributed by atoms with Gasteiger partial charge >= 0.3 is 5.97 Å². The average molecular weight is 305 g/mol. The van der Waals surface area contributed by atoms with E-state index in [2.05, 4.69) is 21.9 Å². The van der Waals surface area contributed by atoms with Crippen molar-refractivity contribution in [3.05, 3.63) is 34.4 Å². The largest absolute Gasteiger partial charge is 0.465 e. The van der Waals surface area contributed by atoms with E-state index < -0.39 is 0 Å². The molecule has 0 fully saturated rings. The average Bonchev–Trinajstić information content (AvgIpc) is 2.96. The molecule has 0 aliphatic rings. The first-order valence-electron chi connectivity index (χ1n) is 6.59. The maximum atomic E-state index is 11.8. The summed E-state index contributed by atoms with van der Waals surface area (Å²) in [5.74, 6) is -0.328. The van der Waals surface area contributed by atoms with Crippen molar-refractivity contribution in [1.82, 2.24) is 9.97 Å². The number of nitrogens with one attached hydrogen (secondary N) is 2. The quantitative estimate of drug-likeness (QED) is 0.656. The summed E-state index contributed by atoms with van der Waals surface area (Å²) in [6, 6.07) is 0. The van der Waals surface area contributed by atoms with Crippen LogP contribution in [0.5, 0.6) is 0 Å². The van der Waals surface area contributed by atoms with Crippen molar-refractivity contribution in [3.63, 3.8) is 0 Å². The molecule has 2 heterocycles. The lowest BCUT2D eigenvalue weighted by atomic mass is 10.1. The van der Waals surface area contributed by atoms with Crippen LogP contribution in [0.1, 0.15) is 26.5 Å². The molecular weight excluding hydrogens is 286 g/mol. The van der Waals surface area contributed by atoms with E-state index in [4.69, 9.17) is 4.74 Å². The first-order valence-corrected chi connectivity index (χ1v) is 7.41. The molecule has 6 heteroatoms. The van der Waals surface area contributed by atoms with Crippen LogP contribution in [0, 0.1) is 20.8 Å². The Morgan fingerprint density at radius 2 is 2.19 bits per heavy atom. The molecule has 0 aliphatic carbocycles. The fraction of sp³-hybridized carbons (Fsp3) is 0.333. The molecule has 2 N–H and O–H groups in total. The number of methoxy groups -OCH3 is 1. The predicted molar refractivity (Wildman–Crippen MR) is 86.1 cm³/mol. The minimum Gasteiger partial charge on any atom is -0.465 e. The number of nitrogens with zero attached hydrogens (tertiary/aromatic N) is 1. The van der Waals surface area contributed by atoms with Gasteiger partial charge in [0.1, 0.15) is 5.69 Å². The third kappa shape index (κ3) is 2.85. The Hall–Kier alpha value is -2.08. The number of carbonyl (C=O) groups excluding carboxylic acids is 1. The number of ether oxygens (including phenoxy) is 1. The topological polar surface area (TPSA) is 67.0 Å². The smallest absolute Gasteiger partial charge is 0.339 e. The molecule has 0 spiro atoms. The van der Waals surface area contributed by atoms with Gasteiger partial charge in [-0.3, -0.25) is 0 Å². The number of aromatic nitrogens is 2. The minimum atomic E-state index is -0.328. The molecule has 21 heavy (non-hydrogen) atoms. The Labute approximate surface area is 128 Å². The van der Waals surface area contributed by atoms with Crippen LogP contribution in [-0.2, 0) is 4.74 Å². The first-order chi connectivity index (χ1) is 9.99. The van der Waals surface area contributed by atoms with Crippen molar-refractivity contribution in [2.24, 2.45) is 0 Å². The number of rotatable bonds is 5. The summed E-state index contributed by atoms with van der Waals surface area (Å²) in [5, 5.41) is 4.03. The highest BCUT2D eigenvalue weighted by molar-refractivity contribution is 7.16. The fourth-order valence-corrected chi connectivity index (χ4v) is 3.09. The number of esters is 1. The fourth-order valence-electron chi connectivity index (χ4n) is 2.26. The lowest BCUT2D eigenvalue weighted by molar-refractivity contribution is 0.0599. The Bertz CT molecular complexity index is 685. The van der Waals surface area contributed by atoms with E-state index in [1.807, 2.05) is 20.8 Å². The number of carbonyl (C=O) groups is 1. The maximum Gasteiger partial charge on any atom is 0.339 e. The second kappa shape index (κ2) is 6.13. The second-order valence-electron chi connectivity index (χ2n) is 4.71. The number of thiazole rings is 1. The highest BCUT2D eigenvalue weighted by atomic mass is 32.1. The summed E-state index contributed by atoms with van der Waals surface area (Å²) in [7, 11) is 1.39. The van der Waals surface area contributed by atoms with Crippen LogP contribution in [0.25, 0.3) is 11.4 Å². The van der Waals surface area contributed by atoms with Gasteiger partial charge in [-0.15, -0.1) is 17.9 Å². The SMILES string of the molecule is C=CCNc1nc(-c2[nH]c(C)c(C(=O)OC)c2C)c(C)s1. The van der Waals surface area contributed by atoms with Gasteiger partial charge in [-0.2, -0.15) is 0 Å². The number of H-pyrrole nitrogens is 1. The lowest BCUT2D eigenvalue weighted by Gasteiger charge is -2.00. The van der Waals surface area contributed by atoms with Crippen LogP contribution >= 0.6 is 11.3 Å². The molecule has 0 saturated heterocycles. The normalized spacial score (nSPS) is 10.5. The monoisotopic (exact) mass is 305 g/mol. The van der Waals surface area contributed by atoms with Gasteiger partial charge in [-0.05, 0) is 26.3 Å². The summed E-state index contributed by atoms with van der Waals surface area (Å²) in [6.07, 6.45) is 1.79. The highest BCUT2D eigenvalue weighted by Crippen LogP contribution is 2.34. The van der Waals surface area contributed by atoms with Crippen molar-refractivity contribution in [2.75, 3.05) is 19.0 Å². The zero-order valence-corrected chi connectivity index (χ0v) is 13.5. The zero-order chi connectivity index (χ0) is 15.6. The van der Waals surface area contributed by atoms with E-state index in [0.717, 1.165) is 32.7 Å². The number of hydrogen-bond acceptors (Lipinski definition) is 5. The molecule has 5 nitrogen and oxygen atoms in total. The van der Waals surface area contributed by atoms with Crippen LogP contribution in [-0.4, -0.2) is 29.6 Å². The van der Waals surface area contributed by atoms with Gasteiger partial charge in [0.05, 0.1) is 18.4 Å². The van der Waals surface area contributed by atoms with Gasteiger partial charge in [0.15, 0.2) is 5.13 Å². The second-order valence-corrected chi connectivity index (χ2v) is 5.91. The minimum absolute atomic E-state index is 0.328. The highest BCUT2D eigenvalue weighted by Gasteiger charge is 2.22. The number of aryl methyl sites for hydroxylation is 2. The number of anilines is 1. The lowest BCUT2D eigenvalue weighted by Crippen LogP contribution is -2.03. The van der Waals surface area contributed by atoms with Crippen LogP contribution in [0.2, 0.25) is 0 Å². The molecule has 0 unspecified atom stereocenters. The van der Waals surface area contributed by atoms with Crippen molar-refractivity contribution in [2.45, 2.75) is 20.8 Å². The van der Waals surface area contributed by atoms with Crippen LogP contribution in [0.3, 0.4) is 0 Å². The standard InChI is InChI=1S/C15H19N3O2S/c1-6-7-16-15-18-13(10(4)21-15)12-8(2)11(9(3)17-12)14(19)20-5/h6,17H,1,7H2,2-5H3,(H,16,18). The first kappa shape index (κ1) is 15.3. The summed E-state index contributed by atoms with van der Waals surface area (Å²) >= 11 is 1.58. The molecule has 0 radical (unpaired) electrons. The van der Waals surface area contributed by atoms with E-state index in [0.29, 0.717) is 12.1 Å². The number of aromatic amines is 1. The zero-order valence-electron chi connectivity index (χ0n) is 12.7. The summed E-state index contributed by atoms with van der Waals surface area (Å²) in [6.45, 7) is 10.1. The molecule has 0 aliphatic heterocycles. The molecule has 2 rings (SSSR count). The molecule has 2 aromatic heterocycles. The molecule has 0 saturated carbocycles. The summed E-state index contributed by atoms with van der Waals surface area (Å²) in [4.78, 5) is 20.8. The van der Waals surface area contributed by atoms with Gasteiger partial charge in [-0.25, -0.2) is 9.78 Å². The van der Waals surface area contributed by atoms with Gasteiger partial charge in [0.2, 0.25) is 0 Å². The van der Waals surface area contributed by atoms with Crippen LogP contribution < -0.4 is 5.32 Å². The van der Waals surface area contributed by atoms with E-state index in [9.17, 15) is 4.79 Å². The molecule has 0 aromatic carbocycles. The van der Waals surface area contributed by atoms with Gasteiger partial charge in [-0.1, -0.05) is 6.08 Å². The Balaban J connectivity index is 2.45.